The molecule has 0 N–H and O–H groups in total. The molecule has 2 aromatic heterocycles. The maximum Gasteiger partial charge on any atom is 0.235 e. The summed E-state index contributed by atoms with van der Waals surface area (Å²) < 4.78 is 5.83. The van der Waals surface area contributed by atoms with Gasteiger partial charge in [-0.25, -0.2) is 15.0 Å². The van der Waals surface area contributed by atoms with Gasteiger partial charge in [-0.15, -0.1) is 0 Å². The molecule has 3 rings (SSSR count). The Kier molecular flexibility index (Phi) is 4.69. The van der Waals surface area contributed by atoms with Crippen molar-refractivity contribution in [3.63, 3.8) is 0 Å². The lowest BCUT2D eigenvalue weighted by Crippen LogP contribution is -2.36. The Morgan fingerprint density at radius 2 is 1.70 bits per heavy atom. The van der Waals surface area contributed by atoms with Gasteiger partial charge in [0.25, 0.3) is 0 Å². The molecule has 1 aliphatic heterocycles. The molecule has 0 amide bonds. The second-order valence-electron chi connectivity index (χ2n) is 6.14. The van der Waals surface area contributed by atoms with E-state index in [0.717, 1.165) is 49.0 Å². The maximum absolute atomic E-state index is 5.83. The highest BCUT2D eigenvalue weighted by molar-refractivity contribution is 5.32. The van der Waals surface area contributed by atoms with Crippen molar-refractivity contribution in [3.8, 4) is 5.88 Å². The Morgan fingerprint density at radius 3 is 2.35 bits per heavy atom. The largest absolute Gasteiger partial charge is 0.476 e. The topological polar surface area (TPSA) is 64.0 Å². The van der Waals surface area contributed by atoms with E-state index in [4.69, 9.17) is 4.74 Å². The van der Waals surface area contributed by atoms with Gasteiger partial charge in [-0.1, -0.05) is 0 Å². The highest BCUT2D eigenvalue weighted by Crippen LogP contribution is 2.22. The number of aromatic nitrogens is 4. The van der Waals surface area contributed by atoms with Crippen LogP contribution in [0.25, 0.3) is 0 Å². The lowest BCUT2D eigenvalue weighted by molar-refractivity contribution is 0.213. The Morgan fingerprint density at radius 1 is 1.04 bits per heavy atom. The molecule has 3 heterocycles. The fraction of sp³-hybridized carbons (Fsp3) is 0.529. The molecule has 1 fully saturated rings. The number of anilines is 1. The van der Waals surface area contributed by atoms with Crippen LogP contribution < -0.4 is 9.64 Å². The quantitative estimate of drug-likeness (QED) is 0.864. The number of aryl methyl sites for hydroxylation is 3. The van der Waals surface area contributed by atoms with E-state index in [2.05, 4.69) is 24.8 Å². The first-order valence-corrected chi connectivity index (χ1v) is 8.09. The first-order valence-electron chi connectivity index (χ1n) is 8.09. The van der Waals surface area contributed by atoms with Crippen LogP contribution in [0.15, 0.2) is 18.5 Å². The third-order valence-electron chi connectivity index (χ3n) is 4.16. The third-order valence-corrected chi connectivity index (χ3v) is 4.16. The molecule has 0 radical (unpaired) electrons. The van der Waals surface area contributed by atoms with E-state index in [1.54, 1.807) is 12.4 Å². The van der Waals surface area contributed by atoms with Crippen LogP contribution in [0.4, 0.5) is 5.95 Å². The second-order valence-corrected chi connectivity index (χ2v) is 6.14. The van der Waals surface area contributed by atoms with E-state index in [1.165, 1.54) is 0 Å². The molecule has 0 bridgehead atoms. The zero-order valence-electron chi connectivity index (χ0n) is 14.0. The molecule has 0 unspecified atom stereocenters. The van der Waals surface area contributed by atoms with Gasteiger partial charge in [0.05, 0.1) is 12.3 Å². The van der Waals surface area contributed by atoms with Crippen LogP contribution >= 0.6 is 0 Å². The van der Waals surface area contributed by atoms with E-state index >= 15 is 0 Å². The van der Waals surface area contributed by atoms with Gasteiger partial charge in [0.2, 0.25) is 11.8 Å². The third kappa shape index (κ3) is 3.94. The summed E-state index contributed by atoms with van der Waals surface area (Å²) in [5.74, 6) is 2.04. The monoisotopic (exact) mass is 313 g/mol. The zero-order valence-corrected chi connectivity index (χ0v) is 14.0. The summed E-state index contributed by atoms with van der Waals surface area (Å²) in [4.78, 5) is 19.8. The van der Waals surface area contributed by atoms with Gasteiger partial charge in [0.15, 0.2) is 0 Å². The molecule has 0 spiro atoms. The highest BCUT2D eigenvalue weighted by atomic mass is 16.5. The summed E-state index contributed by atoms with van der Waals surface area (Å²) in [6.07, 6.45) is 5.51. The standard InChI is InChI=1S/C17H23N5O/c1-12-10-13(2)21-17(20-12)22-8-4-15(5-9-22)11-23-16-14(3)18-6-7-19-16/h6-7,10,15H,4-5,8-9,11H2,1-3H3. The minimum absolute atomic E-state index is 0.540. The van der Waals surface area contributed by atoms with E-state index in [9.17, 15) is 0 Å². The van der Waals surface area contributed by atoms with Gasteiger partial charge < -0.3 is 9.64 Å². The van der Waals surface area contributed by atoms with Crippen LogP contribution in [0.5, 0.6) is 5.88 Å². The average molecular weight is 313 g/mol. The number of piperidine rings is 1. The van der Waals surface area contributed by atoms with E-state index in [1.807, 2.05) is 26.8 Å². The lowest BCUT2D eigenvalue weighted by atomic mass is 9.98. The van der Waals surface area contributed by atoms with Crippen molar-refractivity contribution >= 4 is 5.95 Å². The van der Waals surface area contributed by atoms with Crippen molar-refractivity contribution in [2.45, 2.75) is 33.6 Å². The second kappa shape index (κ2) is 6.89. The number of nitrogens with zero attached hydrogens (tertiary/aromatic N) is 5. The van der Waals surface area contributed by atoms with Crippen molar-refractivity contribution < 1.29 is 4.74 Å². The lowest BCUT2D eigenvalue weighted by Gasteiger charge is -2.32. The molecule has 0 aliphatic carbocycles. The summed E-state index contributed by atoms with van der Waals surface area (Å²) in [7, 11) is 0. The van der Waals surface area contributed by atoms with Crippen molar-refractivity contribution in [2.75, 3.05) is 24.6 Å². The van der Waals surface area contributed by atoms with E-state index in [-0.39, 0.29) is 0 Å². The van der Waals surface area contributed by atoms with Crippen LogP contribution in [0, 0.1) is 26.7 Å². The molecule has 1 aliphatic rings. The number of rotatable bonds is 4. The Labute approximate surface area is 137 Å². The highest BCUT2D eigenvalue weighted by Gasteiger charge is 2.22. The minimum Gasteiger partial charge on any atom is -0.476 e. The summed E-state index contributed by atoms with van der Waals surface area (Å²) in [6, 6.07) is 2.01. The van der Waals surface area contributed by atoms with E-state index in [0.29, 0.717) is 18.4 Å². The Hall–Kier alpha value is -2.24. The smallest absolute Gasteiger partial charge is 0.235 e. The molecule has 6 nitrogen and oxygen atoms in total. The fourth-order valence-corrected chi connectivity index (χ4v) is 2.88. The van der Waals surface area contributed by atoms with Crippen LogP contribution in [0.2, 0.25) is 0 Å². The summed E-state index contributed by atoms with van der Waals surface area (Å²) in [6.45, 7) is 8.58. The van der Waals surface area contributed by atoms with Crippen LogP contribution in [-0.2, 0) is 0 Å². The number of hydrogen-bond donors (Lipinski definition) is 0. The first kappa shape index (κ1) is 15.6. The van der Waals surface area contributed by atoms with Crippen LogP contribution in [0.3, 0.4) is 0 Å². The Bertz CT molecular complexity index is 648. The molecule has 0 saturated carbocycles. The SMILES string of the molecule is Cc1cc(C)nc(N2CCC(COc3nccnc3C)CC2)n1. The van der Waals surface area contributed by atoms with Crippen molar-refractivity contribution in [1.29, 1.82) is 0 Å². The minimum atomic E-state index is 0.540. The molecule has 6 heteroatoms. The number of ether oxygens (including phenoxy) is 1. The first-order chi connectivity index (χ1) is 11.1. The molecule has 1 saturated heterocycles. The average Bonchev–Trinajstić information content (AvgIpc) is 2.54. The van der Waals surface area contributed by atoms with Gasteiger partial charge in [-0.2, -0.15) is 0 Å². The van der Waals surface area contributed by atoms with E-state index < -0.39 is 0 Å². The molecule has 122 valence electrons. The molecule has 2 aromatic rings. The van der Waals surface area contributed by atoms with Crippen molar-refractivity contribution in [3.05, 3.63) is 35.5 Å². The molecular formula is C17H23N5O. The normalized spacial score (nSPS) is 15.7. The summed E-state index contributed by atoms with van der Waals surface area (Å²) >= 11 is 0. The van der Waals surface area contributed by atoms with Crippen molar-refractivity contribution in [1.82, 2.24) is 19.9 Å². The molecule has 0 aromatic carbocycles. The Balaban J connectivity index is 1.53. The van der Waals surface area contributed by atoms with Crippen molar-refractivity contribution in [2.24, 2.45) is 5.92 Å². The molecular weight excluding hydrogens is 290 g/mol. The van der Waals surface area contributed by atoms with Gasteiger partial charge in [-0.05, 0) is 45.6 Å². The van der Waals surface area contributed by atoms with Crippen LogP contribution in [0.1, 0.15) is 29.9 Å². The number of hydrogen-bond acceptors (Lipinski definition) is 6. The van der Waals surface area contributed by atoms with Crippen LogP contribution in [-0.4, -0.2) is 39.6 Å². The molecule has 0 atom stereocenters. The van der Waals surface area contributed by atoms with Gasteiger partial charge in [0.1, 0.15) is 0 Å². The fourth-order valence-electron chi connectivity index (χ4n) is 2.88. The molecule has 23 heavy (non-hydrogen) atoms. The zero-order chi connectivity index (χ0) is 16.2. The summed E-state index contributed by atoms with van der Waals surface area (Å²) in [5.41, 5.74) is 2.89. The summed E-state index contributed by atoms with van der Waals surface area (Å²) in [5, 5.41) is 0. The maximum atomic E-state index is 5.83. The van der Waals surface area contributed by atoms with Gasteiger partial charge >= 0.3 is 0 Å². The predicted molar refractivity (Wildman–Crippen MR) is 88.7 cm³/mol. The van der Waals surface area contributed by atoms with Gasteiger partial charge in [-0.3, -0.25) is 4.98 Å². The van der Waals surface area contributed by atoms with Gasteiger partial charge in [0, 0.05) is 36.9 Å². The predicted octanol–water partition coefficient (Wildman–Crippen LogP) is 2.49.